The molecule has 2 rings (SSSR count). The molecule has 0 atom stereocenters. The third kappa shape index (κ3) is 4.73. The molecule has 0 radical (unpaired) electrons. The van der Waals surface area contributed by atoms with Crippen molar-refractivity contribution in [1.82, 2.24) is 10.3 Å². The van der Waals surface area contributed by atoms with E-state index in [9.17, 15) is 9.59 Å². The largest absolute Gasteiger partial charge is 0.477 e. The lowest BCUT2D eigenvalue weighted by Gasteiger charge is -2.29. The fourth-order valence-corrected chi connectivity index (χ4v) is 2.72. The van der Waals surface area contributed by atoms with E-state index >= 15 is 0 Å². The second-order valence-corrected chi connectivity index (χ2v) is 5.49. The summed E-state index contributed by atoms with van der Waals surface area (Å²) in [6.45, 7) is 2.20. The Hall–Kier alpha value is -2.51. The molecule has 0 aliphatic heterocycles. The summed E-state index contributed by atoms with van der Waals surface area (Å²) < 4.78 is 5.36. The summed E-state index contributed by atoms with van der Waals surface area (Å²) in [6, 6.07) is 3.52. The highest BCUT2D eigenvalue weighted by molar-refractivity contribution is 5.95. The maximum absolute atomic E-state index is 11.3. The van der Waals surface area contributed by atoms with Gasteiger partial charge in [-0.1, -0.05) is 0 Å². The summed E-state index contributed by atoms with van der Waals surface area (Å²) in [7, 11) is 0. The van der Waals surface area contributed by atoms with Gasteiger partial charge in [-0.3, -0.25) is 4.79 Å². The van der Waals surface area contributed by atoms with Crippen molar-refractivity contribution in [1.29, 1.82) is 0 Å². The number of ether oxygens (including phenoxy) is 1. The summed E-state index contributed by atoms with van der Waals surface area (Å²) in [5, 5.41) is 14.5. The SMILES string of the molecule is CCOc1nc(N[C@H]2CC[C@H](NC(=O)O)CC2)ccc1C(N)=O. The van der Waals surface area contributed by atoms with Gasteiger partial charge in [0.25, 0.3) is 5.91 Å². The molecule has 0 bridgehead atoms. The number of carbonyl (C=O) groups is 2. The Morgan fingerprint density at radius 3 is 2.52 bits per heavy atom. The van der Waals surface area contributed by atoms with Crippen LogP contribution < -0.4 is 21.1 Å². The van der Waals surface area contributed by atoms with Gasteiger partial charge >= 0.3 is 6.09 Å². The second kappa shape index (κ2) is 7.66. The molecule has 1 fully saturated rings. The lowest BCUT2D eigenvalue weighted by Crippen LogP contribution is -2.39. The Kier molecular flexibility index (Phi) is 5.61. The Morgan fingerprint density at radius 2 is 1.96 bits per heavy atom. The van der Waals surface area contributed by atoms with E-state index in [2.05, 4.69) is 15.6 Å². The van der Waals surface area contributed by atoms with Crippen LogP contribution in [-0.4, -0.2) is 40.8 Å². The van der Waals surface area contributed by atoms with E-state index < -0.39 is 12.0 Å². The molecule has 0 aromatic carbocycles. The summed E-state index contributed by atoms with van der Waals surface area (Å²) in [5.74, 6) is 0.270. The van der Waals surface area contributed by atoms with Crippen molar-refractivity contribution >= 4 is 17.8 Å². The fraction of sp³-hybridized carbons (Fsp3) is 0.533. The summed E-state index contributed by atoms with van der Waals surface area (Å²) in [5.41, 5.74) is 5.56. The van der Waals surface area contributed by atoms with Crippen molar-refractivity contribution in [2.45, 2.75) is 44.7 Å². The van der Waals surface area contributed by atoms with E-state index in [1.54, 1.807) is 12.1 Å². The lowest BCUT2D eigenvalue weighted by molar-refractivity contribution is 0.0995. The first-order chi connectivity index (χ1) is 11.0. The third-order valence-electron chi connectivity index (χ3n) is 3.81. The number of carbonyl (C=O) groups excluding carboxylic acids is 1. The number of rotatable bonds is 6. The number of hydrogen-bond acceptors (Lipinski definition) is 5. The third-order valence-corrected chi connectivity index (χ3v) is 3.81. The van der Waals surface area contributed by atoms with Gasteiger partial charge in [0.2, 0.25) is 5.88 Å². The number of nitrogens with two attached hydrogens (primary N) is 1. The van der Waals surface area contributed by atoms with Crippen molar-refractivity contribution < 1.29 is 19.4 Å². The molecular weight excluding hydrogens is 300 g/mol. The average molecular weight is 322 g/mol. The molecule has 1 aliphatic rings. The average Bonchev–Trinajstić information content (AvgIpc) is 2.49. The van der Waals surface area contributed by atoms with Crippen LogP contribution in [0.3, 0.4) is 0 Å². The minimum atomic E-state index is -0.980. The van der Waals surface area contributed by atoms with Crippen LogP contribution in [0.4, 0.5) is 10.6 Å². The molecule has 5 N–H and O–H groups in total. The number of amides is 2. The van der Waals surface area contributed by atoms with Gasteiger partial charge in [0, 0.05) is 12.1 Å². The number of aromatic nitrogens is 1. The Labute approximate surface area is 134 Å². The number of nitrogens with one attached hydrogen (secondary N) is 2. The highest BCUT2D eigenvalue weighted by Gasteiger charge is 2.23. The predicted molar refractivity (Wildman–Crippen MR) is 84.8 cm³/mol. The van der Waals surface area contributed by atoms with Crippen molar-refractivity contribution in [2.24, 2.45) is 5.73 Å². The zero-order valence-corrected chi connectivity index (χ0v) is 13.0. The number of pyridine rings is 1. The normalized spacial score (nSPS) is 20.6. The van der Waals surface area contributed by atoms with Crippen LogP contribution in [0.5, 0.6) is 5.88 Å². The van der Waals surface area contributed by atoms with E-state index in [0.717, 1.165) is 25.7 Å². The van der Waals surface area contributed by atoms with Gasteiger partial charge in [-0.25, -0.2) is 4.79 Å². The second-order valence-electron chi connectivity index (χ2n) is 5.49. The van der Waals surface area contributed by atoms with E-state index in [4.69, 9.17) is 15.6 Å². The molecule has 8 nitrogen and oxygen atoms in total. The summed E-state index contributed by atoms with van der Waals surface area (Å²) >= 11 is 0. The van der Waals surface area contributed by atoms with E-state index in [1.165, 1.54) is 0 Å². The number of hydrogen-bond donors (Lipinski definition) is 4. The summed E-state index contributed by atoms with van der Waals surface area (Å²) in [6.07, 6.45) is 2.26. The molecule has 23 heavy (non-hydrogen) atoms. The molecular formula is C15H22N4O4. The molecule has 0 spiro atoms. The molecule has 1 heterocycles. The predicted octanol–water partition coefficient (Wildman–Crippen LogP) is 1.57. The van der Waals surface area contributed by atoms with Crippen molar-refractivity contribution in [3.05, 3.63) is 17.7 Å². The molecule has 126 valence electrons. The molecule has 1 aromatic rings. The topological polar surface area (TPSA) is 127 Å². The number of anilines is 1. The molecule has 1 aliphatic carbocycles. The van der Waals surface area contributed by atoms with Crippen molar-refractivity contribution in [3.63, 3.8) is 0 Å². The standard InChI is InChI=1S/C15H22N4O4/c1-2-23-14-11(13(16)20)7-8-12(19-14)17-9-3-5-10(6-4-9)18-15(21)22/h7-10,18H,2-6H2,1H3,(H2,16,20)(H,17,19)(H,21,22)/t9-,10-. The monoisotopic (exact) mass is 322 g/mol. The fourth-order valence-electron chi connectivity index (χ4n) is 2.72. The van der Waals surface area contributed by atoms with Gasteiger partial charge in [-0.2, -0.15) is 4.98 Å². The minimum absolute atomic E-state index is 0.00901. The number of carboxylic acid groups (broad SMARTS) is 1. The number of primary amides is 1. The molecule has 0 saturated heterocycles. The first kappa shape index (κ1) is 16.9. The first-order valence-corrected chi connectivity index (χ1v) is 7.69. The highest BCUT2D eigenvalue weighted by Crippen LogP contribution is 2.24. The summed E-state index contributed by atoms with van der Waals surface area (Å²) in [4.78, 5) is 26.3. The van der Waals surface area contributed by atoms with Crippen molar-refractivity contribution in [2.75, 3.05) is 11.9 Å². The Balaban J connectivity index is 1.97. The highest BCUT2D eigenvalue weighted by atomic mass is 16.5. The Morgan fingerprint density at radius 1 is 1.30 bits per heavy atom. The molecule has 0 unspecified atom stereocenters. The van der Waals surface area contributed by atoms with Gasteiger partial charge < -0.3 is 26.2 Å². The minimum Gasteiger partial charge on any atom is -0.477 e. The van der Waals surface area contributed by atoms with E-state index in [-0.39, 0.29) is 23.5 Å². The molecule has 2 amide bonds. The van der Waals surface area contributed by atoms with Gasteiger partial charge in [-0.05, 0) is 44.7 Å². The van der Waals surface area contributed by atoms with Crippen LogP contribution in [0.25, 0.3) is 0 Å². The van der Waals surface area contributed by atoms with Crippen LogP contribution in [-0.2, 0) is 0 Å². The van der Waals surface area contributed by atoms with Gasteiger partial charge in [0.1, 0.15) is 11.4 Å². The van der Waals surface area contributed by atoms with Gasteiger partial charge in [0.15, 0.2) is 0 Å². The zero-order valence-electron chi connectivity index (χ0n) is 13.0. The Bertz CT molecular complexity index is 571. The zero-order chi connectivity index (χ0) is 16.8. The van der Waals surface area contributed by atoms with Gasteiger partial charge in [-0.15, -0.1) is 0 Å². The van der Waals surface area contributed by atoms with Crippen LogP contribution in [0.15, 0.2) is 12.1 Å². The van der Waals surface area contributed by atoms with Gasteiger partial charge in [0.05, 0.1) is 6.61 Å². The maximum Gasteiger partial charge on any atom is 0.404 e. The number of nitrogens with zero attached hydrogens (tertiary/aromatic N) is 1. The first-order valence-electron chi connectivity index (χ1n) is 7.69. The quantitative estimate of drug-likeness (QED) is 0.629. The molecule has 1 aromatic heterocycles. The van der Waals surface area contributed by atoms with Crippen LogP contribution in [0.2, 0.25) is 0 Å². The van der Waals surface area contributed by atoms with E-state index in [1.807, 2.05) is 6.92 Å². The maximum atomic E-state index is 11.3. The lowest BCUT2D eigenvalue weighted by atomic mass is 9.91. The van der Waals surface area contributed by atoms with Crippen LogP contribution >= 0.6 is 0 Å². The van der Waals surface area contributed by atoms with Crippen LogP contribution in [0.1, 0.15) is 43.0 Å². The smallest absolute Gasteiger partial charge is 0.404 e. The van der Waals surface area contributed by atoms with E-state index in [0.29, 0.717) is 12.4 Å². The molecule has 8 heteroatoms. The van der Waals surface area contributed by atoms with Crippen LogP contribution in [0, 0.1) is 0 Å². The molecule has 1 saturated carbocycles. The van der Waals surface area contributed by atoms with Crippen molar-refractivity contribution in [3.8, 4) is 5.88 Å².